The van der Waals surface area contributed by atoms with Gasteiger partial charge in [0.25, 0.3) is 5.56 Å². The van der Waals surface area contributed by atoms with Gasteiger partial charge in [-0.25, -0.2) is 4.68 Å². The van der Waals surface area contributed by atoms with E-state index in [9.17, 15) is 4.79 Å². The first-order valence-corrected chi connectivity index (χ1v) is 9.72. The summed E-state index contributed by atoms with van der Waals surface area (Å²) in [6, 6.07) is 18.3. The van der Waals surface area contributed by atoms with E-state index in [0.29, 0.717) is 12.1 Å². The first kappa shape index (κ1) is 16.8. The Bertz CT molecular complexity index is 1220. The van der Waals surface area contributed by atoms with Crippen molar-refractivity contribution in [3.63, 3.8) is 0 Å². The molecule has 2 heterocycles. The molecule has 0 radical (unpaired) electrons. The van der Waals surface area contributed by atoms with Crippen LogP contribution in [0.3, 0.4) is 0 Å². The van der Waals surface area contributed by atoms with E-state index in [1.807, 2.05) is 43.3 Å². The number of para-hydroxylation sites is 1. The van der Waals surface area contributed by atoms with Gasteiger partial charge in [-0.1, -0.05) is 24.3 Å². The molecule has 0 saturated carbocycles. The molecule has 0 aliphatic heterocycles. The van der Waals surface area contributed by atoms with Crippen molar-refractivity contribution >= 4 is 16.7 Å². The largest absolute Gasteiger partial charge is 0.381 e. The van der Waals surface area contributed by atoms with Gasteiger partial charge in [-0.05, 0) is 67.6 Å². The van der Waals surface area contributed by atoms with E-state index in [1.54, 1.807) is 4.68 Å². The van der Waals surface area contributed by atoms with Gasteiger partial charge >= 0.3 is 0 Å². The maximum absolute atomic E-state index is 12.7. The van der Waals surface area contributed by atoms with Crippen LogP contribution in [0.2, 0.25) is 0 Å². The van der Waals surface area contributed by atoms with E-state index in [4.69, 9.17) is 0 Å². The van der Waals surface area contributed by atoms with Crippen molar-refractivity contribution in [2.75, 3.05) is 5.32 Å². The summed E-state index contributed by atoms with van der Waals surface area (Å²) in [4.78, 5) is 15.7. The van der Waals surface area contributed by atoms with Crippen molar-refractivity contribution in [1.29, 1.82) is 0 Å². The summed E-state index contributed by atoms with van der Waals surface area (Å²) in [7, 11) is 0. The zero-order chi connectivity index (χ0) is 19.1. The Kier molecular flexibility index (Phi) is 4.01. The normalized spacial score (nSPS) is 13.0. The van der Waals surface area contributed by atoms with Crippen molar-refractivity contribution in [3.8, 4) is 5.69 Å². The monoisotopic (exact) mass is 370 g/mol. The Morgan fingerprint density at radius 2 is 1.89 bits per heavy atom. The topological polar surface area (TPSA) is 62.7 Å². The Hall–Kier alpha value is -3.34. The second-order valence-corrected chi connectivity index (χ2v) is 7.41. The van der Waals surface area contributed by atoms with Crippen LogP contribution >= 0.6 is 0 Å². The first-order valence-electron chi connectivity index (χ1n) is 9.72. The Morgan fingerprint density at radius 1 is 1.07 bits per heavy atom. The van der Waals surface area contributed by atoms with Crippen LogP contribution in [0.1, 0.15) is 28.8 Å². The number of hydrogen-bond donors (Lipinski definition) is 2. The Labute approximate surface area is 163 Å². The molecule has 0 bridgehead atoms. The number of rotatable bonds is 4. The molecule has 5 nitrogen and oxygen atoms in total. The number of aryl methyl sites for hydroxylation is 3. The highest BCUT2D eigenvalue weighted by atomic mass is 16.1. The second-order valence-electron chi connectivity index (χ2n) is 7.41. The van der Waals surface area contributed by atoms with Gasteiger partial charge < -0.3 is 10.3 Å². The van der Waals surface area contributed by atoms with Gasteiger partial charge in [0.1, 0.15) is 5.65 Å². The van der Waals surface area contributed by atoms with Crippen LogP contribution in [0.15, 0.2) is 59.4 Å². The quantitative estimate of drug-likeness (QED) is 0.568. The molecule has 0 atom stereocenters. The molecule has 4 aromatic rings. The number of nitrogens with zero attached hydrogens (tertiary/aromatic N) is 2. The molecule has 2 aromatic carbocycles. The number of H-pyrrole nitrogens is 1. The number of anilines is 1. The summed E-state index contributed by atoms with van der Waals surface area (Å²) in [6.07, 6.45) is 3.56. The number of fused-ring (bicyclic) bond motifs is 2. The van der Waals surface area contributed by atoms with Crippen molar-refractivity contribution in [2.24, 2.45) is 0 Å². The standard InChI is InChI=1S/C23H22N4O/c1-15-21-13-18(14-24-19-11-10-16-6-5-7-17(16)12-19)23(28)25-22(21)27(26-15)20-8-3-2-4-9-20/h2-4,8-13,24H,5-7,14H2,1H3,(H,25,28). The molecule has 5 rings (SSSR count). The smallest absolute Gasteiger partial charge is 0.254 e. The summed E-state index contributed by atoms with van der Waals surface area (Å²) in [5.41, 5.74) is 7.13. The predicted octanol–water partition coefficient (Wildman–Crippen LogP) is 4.12. The van der Waals surface area contributed by atoms with Crippen LogP contribution in [-0.2, 0) is 19.4 Å². The van der Waals surface area contributed by atoms with E-state index < -0.39 is 0 Å². The molecular weight excluding hydrogens is 348 g/mol. The molecular formula is C23H22N4O. The van der Waals surface area contributed by atoms with Crippen LogP contribution < -0.4 is 10.9 Å². The number of hydrogen-bond acceptors (Lipinski definition) is 3. The third kappa shape index (κ3) is 2.89. The lowest BCUT2D eigenvalue weighted by Gasteiger charge is -2.09. The van der Waals surface area contributed by atoms with Crippen molar-refractivity contribution < 1.29 is 0 Å². The fraction of sp³-hybridized carbons (Fsp3) is 0.217. The third-order valence-electron chi connectivity index (χ3n) is 5.53. The highest BCUT2D eigenvalue weighted by Crippen LogP contribution is 2.25. The number of benzene rings is 2. The molecule has 0 saturated heterocycles. The van der Waals surface area contributed by atoms with Gasteiger partial charge in [0, 0.05) is 23.2 Å². The minimum absolute atomic E-state index is 0.0850. The van der Waals surface area contributed by atoms with Gasteiger partial charge in [-0.15, -0.1) is 0 Å². The first-order chi connectivity index (χ1) is 13.7. The van der Waals surface area contributed by atoms with Crippen LogP contribution in [0.5, 0.6) is 0 Å². The molecule has 0 unspecified atom stereocenters. The molecule has 2 N–H and O–H groups in total. The molecule has 1 aliphatic carbocycles. The van der Waals surface area contributed by atoms with Crippen LogP contribution in [0, 0.1) is 6.92 Å². The molecule has 28 heavy (non-hydrogen) atoms. The number of pyridine rings is 1. The highest BCUT2D eigenvalue weighted by Gasteiger charge is 2.14. The number of nitrogens with one attached hydrogen (secondary N) is 2. The minimum atomic E-state index is -0.0850. The highest BCUT2D eigenvalue weighted by molar-refractivity contribution is 5.80. The SMILES string of the molecule is Cc1nn(-c2ccccc2)c2[nH]c(=O)c(CNc3ccc4c(c3)CCC4)cc12. The van der Waals surface area contributed by atoms with Gasteiger partial charge in [-0.3, -0.25) is 4.79 Å². The Morgan fingerprint density at radius 3 is 2.75 bits per heavy atom. The van der Waals surface area contributed by atoms with Crippen molar-refractivity contribution in [3.05, 3.63) is 87.3 Å². The van der Waals surface area contributed by atoms with E-state index in [1.165, 1.54) is 24.0 Å². The minimum Gasteiger partial charge on any atom is -0.381 e. The second kappa shape index (κ2) is 6.68. The summed E-state index contributed by atoms with van der Waals surface area (Å²) in [6.45, 7) is 2.46. The molecule has 0 amide bonds. The maximum Gasteiger partial charge on any atom is 0.254 e. The lowest BCUT2D eigenvalue weighted by atomic mass is 10.1. The molecule has 1 aliphatic rings. The molecule has 0 spiro atoms. The predicted molar refractivity (Wildman–Crippen MR) is 112 cm³/mol. The average molecular weight is 370 g/mol. The Balaban J connectivity index is 1.47. The molecule has 0 fully saturated rings. The van der Waals surface area contributed by atoms with Gasteiger partial charge in [0.2, 0.25) is 0 Å². The molecule has 140 valence electrons. The van der Waals surface area contributed by atoms with Crippen molar-refractivity contribution in [1.82, 2.24) is 14.8 Å². The van der Waals surface area contributed by atoms with E-state index in [-0.39, 0.29) is 5.56 Å². The fourth-order valence-corrected chi connectivity index (χ4v) is 4.03. The zero-order valence-corrected chi connectivity index (χ0v) is 15.8. The summed E-state index contributed by atoms with van der Waals surface area (Å²) in [5, 5.41) is 9.00. The van der Waals surface area contributed by atoms with E-state index in [2.05, 4.69) is 33.6 Å². The summed E-state index contributed by atoms with van der Waals surface area (Å²) in [5.74, 6) is 0. The van der Waals surface area contributed by atoms with Gasteiger partial charge in [0.15, 0.2) is 0 Å². The van der Waals surface area contributed by atoms with E-state index >= 15 is 0 Å². The molecule has 5 heteroatoms. The lowest BCUT2D eigenvalue weighted by Crippen LogP contribution is -2.16. The summed E-state index contributed by atoms with van der Waals surface area (Å²) >= 11 is 0. The van der Waals surface area contributed by atoms with Crippen LogP contribution in [0.4, 0.5) is 5.69 Å². The van der Waals surface area contributed by atoms with Gasteiger partial charge in [-0.2, -0.15) is 5.10 Å². The fourth-order valence-electron chi connectivity index (χ4n) is 4.03. The van der Waals surface area contributed by atoms with Gasteiger partial charge in [0.05, 0.1) is 11.4 Å². The number of aromatic nitrogens is 3. The lowest BCUT2D eigenvalue weighted by molar-refractivity contribution is 0.874. The zero-order valence-electron chi connectivity index (χ0n) is 15.8. The van der Waals surface area contributed by atoms with Crippen LogP contribution in [-0.4, -0.2) is 14.8 Å². The average Bonchev–Trinajstić information content (AvgIpc) is 3.31. The maximum atomic E-state index is 12.7. The van der Waals surface area contributed by atoms with E-state index in [0.717, 1.165) is 34.5 Å². The third-order valence-corrected chi connectivity index (χ3v) is 5.53. The van der Waals surface area contributed by atoms with Crippen LogP contribution in [0.25, 0.3) is 16.7 Å². The number of aromatic amines is 1. The molecule has 2 aromatic heterocycles. The van der Waals surface area contributed by atoms with Crippen molar-refractivity contribution in [2.45, 2.75) is 32.7 Å². The summed E-state index contributed by atoms with van der Waals surface area (Å²) < 4.78 is 1.80.